The molecule has 1 aromatic carbocycles. The zero-order valence-electron chi connectivity index (χ0n) is 12.6. The van der Waals surface area contributed by atoms with Crippen molar-refractivity contribution in [2.45, 2.75) is 6.42 Å². The van der Waals surface area contributed by atoms with Gasteiger partial charge in [0, 0.05) is 11.9 Å². The van der Waals surface area contributed by atoms with E-state index in [0.717, 1.165) is 17.7 Å². The third-order valence-electron chi connectivity index (χ3n) is 3.33. The average Bonchev–Trinajstić information content (AvgIpc) is 3.26. The number of nitrogens with zero attached hydrogens (tertiary/aromatic N) is 1. The van der Waals surface area contributed by atoms with Crippen LogP contribution in [0.2, 0.25) is 0 Å². The van der Waals surface area contributed by atoms with E-state index in [4.69, 9.17) is 9.15 Å². The van der Waals surface area contributed by atoms with Crippen LogP contribution >= 0.6 is 11.3 Å². The second kappa shape index (κ2) is 7.11. The van der Waals surface area contributed by atoms with Crippen LogP contribution in [-0.4, -0.2) is 24.5 Å². The fourth-order valence-corrected chi connectivity index (χ4v) is 2.86. The Morgan fingerprint density at radius 1 is 1.30 bits per heavy atom. The summed E-state index contributed by atoms with van der Waals surface area (Å²) in [6.45, 7) is 0.554. The summed E-state index contributed by atoms with van der Waals surface area (Å²) in [4.78, 5) is 16.4. The van der Waals surface area contributed by atoms with Gasteiger partial charge in [0.15, 0.2) is 10.8 Å². The lowest BCUT2D eigenvalue weighted by molar-refractivity contribution is 0.0950. The largest absolute Gasteiger partial charge is 0.497 e. The highest BCUT2D eigenvalue weighted by molar-refractivity contribution is 7.13. The van der Waals surface area contributed by atoms with Crippen molar-refractivity contribution in [3.8, 4) is 16.5 Å². The van der Waals surface area contributed by atoms with Crippen LogP contribution in [0.15, 0.2) is 52.5 Å². The molecule has 2 heterocycles. The molecule has 118 valence electrons. The second-order valence-electron chi connectivity index (χ2n) is 4.87. The smallest absolute Gasteiger partial charge is 0.270 e. The summed E-state index contributed by atoms with van der Waals surface area (Å²) >= 11 is 1.39. The number of thiazole rings is 1. The van der Waals surface area contributed by atoms with Crippen molar-refractivity contribution in [1.29, 1.82) is 0 Å². The Morgan fingerprint density at radius 2 is 2.13 bits per heavy atom. The van der Waals surface area contributed by atoms with E-state index in [9.17, 15) is 4.79 Å². The molecule has 5 nitrogen and oxygen atoms in total. The number of nitrogens with one attached hydrogen (secondary N) is 1. The fraction of sp³-hybridized carbons (Fsp3) is 0.176. The standard InChI is InChI=1S/C17H16N2O3S/c1-21-13-6-4-12(5-7-13)8-9-18-16(20)14-11-23-17(19-14)15-3-2-10-22-15/h2-7,10-11H,8-9H2,1H3,(H,18,20). The summed E-state index contributed by atoms with van der Waals surface area (Å²) in [5, 5.41) is 5.32. The molecule has 6 heteroatoms. The fourth-order valence-electron chi connectivity index (χ4n) is 2.09. The minimum absolute atomic E-state index is 0.174. The molecule has 1 amide bonds. The Hall–Kier alpha value is -2.60. The van der Waals surface area contributed by atoms with Gasteiger partial charge in [-0.25, -0.2) is 4.98 Å². The average molecular weight is 328 g/mol. The van der Waals surface area contributed by atoms with E-state index in [2.05, 4.69) is 10.3 Å². The van der Waals surface area contributed by atoms with Crippen LogP contribution in [-0.2, 0) is 6.42 Å². The molecule has 0 unspecified atom stereocenters. The summed E-state index contributed by atoms with van der Waals surface area (Å²) in [6.07, 6.45) is 2.34. The molecule has 3 rings (SSSR count). The first-order valence-electron chi connectivity index (χ1n) is 7.17. The Balaban J connectivity index is 1.53. The maximum atomic E-state index is 12.1. The Bertz CT molecular complexity index is 764. The quantitative estimate of drug-likeness (QED) is 0.753. The van der Waals surface area contributed by atoms with Crippen LogP contribution in [0, 0.1) is 0 Å². The van der Waals surface area contributed by atoms with E-state index in [0.29, 0.717) is 23.0 Å². The topological polar surface area (TPSA) is 64.4 Å². The predicted octanol–water partition coefficient (Wildman–Crippen LogP) is 3.38. The SMILES string of the molecule is COc1ccc(CCNC(=O)c2csc(-c3ccco3)n2)cc1. The summed E-state index contributed by atoms with van der Waals surface area (Å²) in [6, 6.07) is 11.4. The van der Waals surface area contributed by atoms with E-state index in [1.807, 2.05) is 30.3 Å². The van der Waals surface area contributed by atoms with Crippen LogP contribution in [0.25, 0.3) is 10.8 Å². The minimum Gasteiger partial charge on any atom is -0.497 e. The van der Waals surface area contributed by atoms with Gasteiger partial charge < -0.3 is 14.5 Å². The first-order valence-corrected chi connectivity index (χ1v) is 8.05. The highest BCUT2D eigenvalue weighted by Gasteiger charge is 2.12. The zero-order valence-corrected chi connectivity index (χ0v) is 13.4. The van der Waals surface area contributed by atoms with E-state index < -0.39 is 0 Å². The molecule has 2 aromatic heterocycles. The monoisotopic (exact) mass is 328 g/mol. The molecule has 0 radical (unpaired) electrons. The van der Waals surface area contributed by atoms with Gasteiger partial charge in [-0.15, -0.1) is 11.3 Å². The third kappa shape index (κ3) is 3.78. The van der Waals surface area contributed by atoms with Gasteiger partial charge >= 0.3 is 0 Å². The number of hydrogen-bond acceptors (Lipinski definition) is 5. The summed E-state index contributed by atoms with van der Waals surface area (Å²) in [7, 11) is 1.64. The minimum atomic E-state index is -0.174. The van der Waals surface area contributed by atoms with Gasteiger partial charge in [0.25, 0.3) is 5.91 Å². The summed E-state index contributed by atoms with van der Waals surface area (Å²) < 4.78 is 10.4. The number of rotatable bonds is 6. The molecule has 23 heavy (non-hydrogen) atoms. The first kappa shape index (κ1) is 15.3. The number of carbonyl (C=O) groups excluding carboxylic acids is 1. The van der Waals surface area contributed by atoms with E-state index in [-0.39, 0.29) is 5.91 Å². The lowest BCUT2D eigenvalue weighted by Gasteiger charge is -2.05. The van der Waals surface area contributed by atoms with Crippen molar-refractivity contribution >= 4 is 17.2 Å². The normalized spacial score (nSPS) is 10.5. The summed E-state index contributed by atoms with van der Waals surface area (Å²) in [5.41, 5.74) is 1.55. The van der Waals surface area contributed by atoms with Crippen LogP contribution in [0.3, 0.4) is 0 Å². The predicted molar refractivity (Wildman–Crippen MR) is 88.8 cm³/mol. The lowest BCUT2D eigenvalue weighted by atomic mass is 10.1. The van der Waals surface area contributed by atoms with Gasteiger partial charge in [0.1, 0.15) is 11.4 Å². The molecular formula is C17H16N2O3S. The van der Waals surface area contributed by atoms with E-state index in [1.165, 1.54) is 11.3 Å². The number of hydrogen-bond donors (Lipinski definition) is 1. The lowest BCUT2D eigenvalue weighted by Crippen LogP contribution is -2.25. The highest BCUT2D eigenvalue weighted by atomic mass is 32.1. The number of ether oxygens (including phenoxy) is 1. The van der Waals surface area contributed by atoms with Gasteiger partial charge in [-0.3, -0.25) is 4.79 Å². The van der Waals surface area contributed by atoms with Crippen LogP contribution in [0.1, 0.15) is 16.1 Å². The Morgan fingerprint density at radius 3 is 2.83 bits per heavy atom. The molecule has 0 spiro atoms. The van der Waals surface area contributed by atoms with Crippen molar-refractivity contribution in [2.75, 3.05) is 13.7 Å². The maximum Gasteiger partial charge on any atom is 0.270 e. The first-order chi connectivity index (χ1) is 11.3. The van der Waals surface area contributed by atoms with Crippen molar-refractivity contribution in [3.63, 3.8) is 0 Å². The number of carbonyl (C=O) groups is 1. The number of amides is 1. The van der Waals surface area contributed by atoms with Gasteiger partial charge in [0.05, 0.1) is 13.4 Å². The van der Waals surface area contributed by atoms with Gasteiger partial charge in [0.2, 0.25) is 0 Å². The zero-order chi connectivity index (χ0) is 16.1. The number of methoxy groups -OCH3 is 1. The summed E-state index contributed by atoms with van der Waals surface area (Å²) in [5.74, 6) is 1.32. The van der Waals surface area contributed by atoms with Crippen LogP contribution in [0.4, 0.5) is 0 Å². The van der Waals surface area contributed by atoms with Gasteiger partial charge in [-0.05, 0) is 36.2 Å². The number of furan rings is 1. The van der Waals surface area contributed by atoms with Crippen molar-refractivity contribution < 1.29 is 13.9 Å². The molecule has 0 aliphatic heterocycles. The molecule has 0 aliphatic carbocycles. The van der Waals surface area contributed by atoms with E-state index in [1.54, 1.807) is 24.8 Å². The maximum absolute atomic E-state index is 12.1. The van der Waals surface area contributed by atoms with Crippen LogP contribution in [0.5, 0.6) is 5.75 Å². The highest BCUT2D eigenvalue weighted by Crippen LogP contribution is 2.23. The van der Waals surface area contributed by atoms with Gasteiger partial charge in [-0.2, -0.15) is 0 Å². The molecule has 1 N–H and O–H groups in total. The molecular weight excluding hydrogens is 312 g/mol. The van der Waals surface area contributed by atoms with Crippen molar-refractivity contribution in [3.05, 3.63) is 59.3 Å². The molecule has 3 aromatic rings. The number of aromatic nitrogens is 1. The Kier molecular flexibility index (Phi) is 4.73. The molecule has 0 fully saturated rings. The molecule has 0 atom stereocenters. The molecule has 0 bridgehead atoms. The second-order valence-corrected chi connectivity index (χ2v) is 5.73. The van der Waals surface area contributed by atoms with E-state index >= 15 is 0 Å². The molecule has 0 aliphatic rings. The van der Waals surface area contributed by atoms with Crippen molar-refractivity contribution in [2.24, 2.45) is 0 Å². The third-order valence-corrected chi connectivity index (χ3v) is 4.18. The Labute approximate surface area is 137 Å². The van der Waals surface area contributed by atoms with Gasteiger partial charge in [-0.1, -0.05) is 12.1 Å². The van der Waals surface area contributed by atoms with Crippen molar-refractivity contribution in [1.82, 2.24) is 10.3 Å². The van der Waals surface area contributed by atoms with Crippen LogP contribution < -0.4 is 10.1 Å². The molecule has 0 saturated heterocycles. The molecule has 0 saturated carbocycles. The number of benzene rings is 1.